The van der Waals surface area contributed by atoms with Gasteiger partial charge >= 0.3 is 7.12 Å². The van der Waals surface area contributed by atoms with Crippen LogP contribution < -0.4 is 15.5 Å². The van der Waals surface area contributed by atoms with E-state index in [4.69, 9.17) is 9.26 Å². The van der Waals surface area contributed by atoms with Gasteiger partial charge in [-0.25, -0.2) is 0 Å². The summed E-state index contributed by atoms with van der Waals surface area (Å²) < 4.78 is 10.6. The predicted octanol–water partition coefficient (Wildman–Crippen LogP) is 0.615. The van der Waals surface area contributed by atoms with E-state index in [1.165, 1.54) is 18.2 Å². The summed E-state index contributed by atoms with van der Waals surface area (Å²) in [6.45, 7) is 1.36. The summed E-state index contributed by atoms with van der Waals surface area (Å²) in [6, 6.07) is 4.41. The minimum atomic E-state index is -1.82. The van der Waals surface area contributed by atoms with Crippen LogP contribution in [0.25, 0.3) is 0 Å². The lowest BCUT2D eigenvalue weighted by Crippen LogP contribution is -2.48. The smallest absolute Gasteiger partial charge is 0.483 e. The Morgan fingerprint density at radius 1 is 1.31 bits per heavy atom. The summed E-state index contributed by atoms with van der Waals surface area (Å²) in [5, 5.41) is 25.8. The third-order valence-electron chi connectivity index (χ3n) is 5.15. The molecule has 1 fully saturated rings. The molecule has 0 atom stereocenters. The summed E-state index contributed by atoms with van der Waals surface area (Å²) in [5.41, 5.74) is -0.709. The Kier molecular flexibility index (Phi) is 6.66. The van der Waals surface area contributed by atoms with E-state index in [9.17, 15) is 19.6 Å². The van der Waals surface area contributed by atoms with Crippen molar-refractivity contribution in [3.8, 4) is 5.75 Å². The Hall–Kier alpha value is -2.72. The number of hydrogen-bond donors (Lipinski definition) is 3. The monoisotopic (exact) mass is 401 g/mol. The van der Waals surface area contributed by atoms with E-state index in [2.05, 4.69) is 15.5 Å². The molecule has 29 heavy (non-hydrogen) atoms. The van der Waals surface area contributed by atoms with Gasteiger partial charge in [-0.1, -0.05) is 43.0 Å². The highest BCUT2D eigenvalue weighted by Crippen LogP contribution is 2.34. The van der Waals surface area contributed by atoms with Gasteiger partial charge in [-0.05, 0) is 24.4 Å². The van der Waals surface area contributed by atoms with Crippen molar-refractivity contribution in [2.45, 2.75) is 51.0 Å². The maximum atomic E-state index is 12.7. The highest BCUT2D eigenvalue weighted by Gasteiger charge is 2.38. The van der Waals surface area contributed by atoms with Crippen molar-refractivity contribution < 1.29 is 28.9 Å². The Balaban J connectivity index is 1.75. The van der Waals surface area contributed by atoms with Gasteiger partial charge < -0.3 is 24.6 Å². The van der Waals surface area contributed by atoms with Gasteiger partial charge in [0, 0.05) is 6.92 Å². The van der Waals surface area contributed by atoms with Gasteiger partial charge in [0.2, 0.25) is 5.89 Å². The first kappa shape index (κ1) is 21.0. The summed E-state index contributed by atoms with van der Waals surface area (Å²) in [4.78, 5) is 28.4. The lowest BCUT2D eigenvalue weighted by molar-refractivity contribution is -0.125. The van der Waals surface area contributed by atoms with E-state index < -0.39 is 12.7 Å². The van der Waals surface area contributed by atoms with Crippen molar-refractivity contribution in [1.82, 2.24) is 15.5 Å². The molecule has 9 nitrogen and oxygen atoms in total. The largest absolute Gasteiger partial charge is 0.489 e. The zero-order chi connectivity index (χ0) is 20.9. The second kappa shape index (κ2) is 9.19. The van der Waals surface area contributed by atoms with Gasteiger partial charge in [0.05, 0.1) is 5.56 Å². The third-order valence-corrected chi connectivity index (χ3v) is 5.15. The number of aldehydes is 1. The van der Waals surface area contributed by atoms with Crippen molar-refractivity contribution in [2.24, 2.45) is 0 Å². The van der Waals surface area contributed by atoms with Gasteiger partial charge in [0.25, 0.3) is 5.91 Å². The molecule has 1 heterocycles. The molecule has 1 aromatic heterocycles. The number of aryl methyl sites for hydroxylation is 1. The van der Waals surface area contributed by atoms with Gasteiger partial charge in [-0.3, -0.25) is 9.59 Å². The Morgan fingerprint density at radius 2 is 2.03 bits per heavy atom. The first-order chi connectivity index (χ1) is 13.9. The first-order valence-corrected chi connectivity index (χ1v) is 9.64. The molecule has 154 valence electrons. The number of benzene rings is 1. The summed E-state index contributed by atoms with van der Waals surface area (Å²) >= 11 is 0. The minimum Gasteiger partial charge on any atom is -0.483 e. The molecule has 1 amide bonds. The Bertz CT molecular complexity index is 861. The molecular weight excluding hydrogens is 377 g/mol. The third kappa shape index (κ3) is 4.83. The number of rotatable bonds is 7. The maximum Gasteiger partial charge on any atom is 0.489 e. The number of aromatic nitrogens is 2. The van der Waals surface area contributed by atoms with E-state index in [-0.39, 0.29) is 29.3 Å². The molecule has 1 saturated carbocycles. The van der Waals surface area contributed by atoms with Gasteiger partial charge in [-0.2, -0.15) is 4.98 Å². The normalized spacial score (nSPS) is 16.0. The van der Waals surface area contributed by atoms with E-state index in [1.54, 1.807) is 6.92 Å². The Labute approximate surface area is 168 Å². The van der Waals surface area contributed by atoms with Crippen LogP contribution in [0, 0.1) is 6.92 Å². The van der Waals surface area contributed by atoms with Crippen LogP contribution in [-0.2, 0) is 10.3 Å². The number of carbonyl (C=O) groups is 2. The van der Waals surface area contributed by atoms with Crippen molar-refractivity contribution in [2.75, 3.05) is 6.61 Å². The number of nitrogens with zero attached hydrogens (tertiary/aromatic N) is 2. The standard InChI is InChI=1S/C19H24BN3O6/c1-13-21-18(23-29-13)19(9-4-2-3-5-10-19)22-17(25)12-28-16-8-6-7-15(20(26)27)14(16)11-24/h6-8,11,26-27H,2-5,9-10,12H2,1H3,(H,22,25). The molecule has 3 N–H and O–H groups in total. The second-order valence-corrected chi connectivity index (χ2v) is 7.22. The Morgan fingerprint density at radius 3 is 2.62 bits per heavy atom. The van der Waals surface area contributed by atoms with E-state index in [0.717, 1.165) is 25.7 Å². The van der Waals surface area contributed by atoms with Gasteiger partial charge in [0.15, 0.2) is 18.7 Å². The zero-order valence-corrected chi connectivity index (χ0v) is 16.3. The predicted molar refractivity (Wildman–Crippen MR) is 104 cm³/mol. The molecule has 0 aliphatic heterocycles. The van der Waals surface area contributed by atoms with E-state index >= 15 is 0 Å². The highest BCUT2D eigenvalue weighted by atomic mass is 16.5. The second-order valence-electron chi connectivity index (χ2n) is 7.22. The summed E-state index contributed by atoms with van der Waals surface area (Å²) in [5.74, 6) is 0.612. The van der Waals surface area contributed by atoms with Crippen LogP contribution in [0.5, 0.6) is 5.75 Å². The number of hydrogen-bond acceptors (Lipinski definition) is 8. The van der Waals surface area contributed by atoms with Crippen LogP contribution in [0.4, 0.5) is 0 Å². The molecule has 3 rings (SSSR count). The van der Waals surface area contributed by atoms with Crippen LogP contribution in [0.2, 0.25) is 0 Å². The van der Waals surface area contributed by atoms with Gasteiger partial charge in [-0.15, -0.1) is 0 Å². The van der Waals surface area contributed by atoms with Crippen molar-refractivity contribution in [1.29, 1.82) is 0 Å². The minimum absolute atomic E-state index is 0.00623. The molecular formula is C19H24BN3O6. The summed E-state index contributed by atoms with van der Waals surface area (Å²) in [7, 11) is -1.82. The molecule has 0 unspecified atom stereocenters. The fourth-order valence-corrected chi connectivity index (χ4v) is 3.71. The lowest BCUT2D eigenvalue weighted by Gasteiger charge is -2.30. The quantitative estimate of drug-likeness (QED) is 0.349. The number of nitrogens with one attached hydrogen (secondary N) is 1. The molecule has 0 spiro atoms. The van der Waals surface area contributed by atoms with Crippen molar-refractivity contribution >= 4 is 24.8 Å². The zero-order valence-electron chi connectivity index (χ0n) is 16.3. The number of amides is 1. The first-order valence-electron chi connectivity index (χ1n) is 9.64. The van der Waals surface area contributed by atoms with Crippen LogP contribution in [0.15, 0.2) is 22.7 Å². The van der Waals surface area contributed by atoms with Crippen LogP contribution in [-0.4, -0.2) is 46.1 Å². The molecule has 0 bridgehead atoms. The number of ether oxygens (including phenoxy) is 1. The highest BCUT2D eigenvalue weighted by molar-refractivity contribution is 6.60. The van der Waals surface area contributed by atoms with Crippen LogP contribution >= 0.6 is 0 Å². The molecule has 2 aromatic rings. The van der Waals surface area contributed by atoms with Crippen molar-refractivity contribution in [3.05, 3.63) is 35.5 Å². The van der Waals surface area contributed by atoms with Crippen molar-refractivity contribution in [3.63, 3.8) is 0 Å². The molecule has 1 aromatic carbocycles. The van der Waals surface area contributed by atoms with Gasteiger partial charge in [0.1, 0.15) is 11.3 Å². The average Bonchev–Trinajstić information content (AvgIpc) is 3.01. The topological polar surface area (TPSA) is 135 Å². The van der Waals surface area contributed by atoms with E-state index in [1.807, 2.05) is 0 Å². The molecule has 10 heteroatoms. The molecule has 1 aliphatic carbocycles. The maximum absolute atomic E-state index is 12.7. The lowest BCUT2D eigenvalue weighted by atomic mass is 9.77. The molecule has 0 radical (unpaired) electrons. The fraction of sp³-hybridized carbons (Fsp3) is 0.474. The number of carbonyl (C=O) groups excluding carboxylic acids is 2. The summed E-state index contributed by atoms with van der Waals surface area (Å²) in [6.07, 6.45) is 5.87. The van der Waals surface area contributed by atoms with E-state index in [0.29, 0.717) is 30.8 Å². The van der Waals surface area contributed by atoms with Crippen LogP contribution in [0.3, 0.4) is 0 Å². The SMILES string of the molecule is Cc1nc(C2(NC(=O)COc3cccc(B(O)O)c3C=O)CCCCCC2)no1. The average molecular weight is 401 g/mol. The molecule has 1 aliphatic rings. The molecule has 0 saturated heterocycles. The fourth-order valence-electron chi connectivity index (χ4n) is 3.71. The van der Waals surface area contributed by atoms with Crippen LogP contribution in [0.1, 0.15) is 60.6 Å².